The predicted molar refractivity (Wildman–Crippen MR) is 213 cm³/mol. The van der Waals surface area contributed by atoms with Crippen molar-refractivity contribution >= 4 is 55.1 Å². The van der Waals surface area contributed by atoms with E-state index in [1.807, 2.05) is 60.7 Å². The zero-order valence-electron chi connectivity index (χ0n) is 31.6. The van der Waals surface area contributed by atoms with Gasteiger partial charge in [-0.25, -0.2) is 25.4 Å². The maximum Gasteiger partial charge on any atom is 0.247 e. The highest BCUT2D eigenvalue weighted by molar-refractivity contribution is 7.92. The van der Waals surface area contributed by atoms with Crippen molar-refractivity contribution in [3.05, 3.63) is 131 Å². The molecule has 0 aromatic heterocycles. The van der Waals surface area contributed by atoms with E-state index in [0.29, 0.717) is 11.1 Å². The molecule has 4 aromatic carbocycles. The highest BCUT2D eigenvalue weighted by atomic mass is 32.2. The number of nitrogens with one attached hydrogen (secondary N) is 2. The summed E-state index contributed by atoms with van der Waals surface area (Å²) in [4.78, 5) is 61.9. The Bertz CT molecular complexity index is 2480. The van der Waals surface area contributed by atoms with E-state index in [2.05, 4.69) is 10.6 Å². The van der Waals surface area contributed by atoms with Crippen LogP contribution in [0.1, 0.15) is 35.1 Å². The lowest BCUT2D eigenvalue weighted by Gasteiger charge is -2.50. The number of para-hydroxylation sites is 2. The summed E-state index contributed by atoms with van der Waals surface area (Å²) in [5.41, 5.74) is -0.0654. The van der Waals surface area contributed by atoms with Gasteiger partial charge in [-0.15, -0.1) is 0 Å². The maximum atomic E-state index is 15.1. The first-order chi connectivity index (χ1) is 27.7. The summed E-state index contributed by atoms with van der Waals surface area (Å²) in [5, 5.41) is 5.86. The molecule has 0 radical (unpaired) electrons. The number of piperazine rings is 2. The van der Waals surface area contributed by atoms with Crippen LogP contribution in [-0.4, -0.2) is 99.3 Å². The van der Waals surface area contributed by atoms with Crippen molar-refractivity contribution in [2.45, 2.75) is 73.0 Å². The van der Waals surface area contributed by atoms with Crippen LogP contribution in [0.15, 0.2) is 109 Å². The van der Waals surface area contributed by atoms with Gasteiger partial charge in [-0.1, -0.05) is 97.1 Å². The Kier molecular flexibility index (Phi) is 7.81. The number of benzene rings is 4. The third-order valence-corrected chi connectivity index (χ3v) is 15.4. The van der Waals surface area contributed by atoms with E-state index in [4.69, 9.17) is 0 Å². The lowest BCUT2D eigenvalue weighted by Crippen LogP contribution is -2.69. The van der Waals surface area contributed by atoms with Crippen molar-refractivity contribution in [1.29, 1.82) is 0 Å². The number of hydrogen-bond donors (Lipinski definition) is 2. The van der Waals surface area contributed by atoms with Gasteiger partial charge in [0.2, 0.25) is 43.7 Å². The van der Waals surface area contributed by atoms with Crippen LogP contribution in [-0.2, 0) is 62.9 Å². The fourth-order valence-electron chi connectivity index (χ4n) is 11.3. The van der Waals surface area contributed by atoms with Gasteiger partial charge in [0.1, 0.15) is 36.5 Å². The van der Waals surface area contributed by atoms with E-state index in [9.17, 15) is 26.4 Å². The number of carbonyl (C=O) groups is 4. The molecule has 6 aliphatic heterocycles. The molecule has 4 fully saturated rings. The number of sulfonamides is 2. The van der Waals surface area contributed by atoms with Crippen molar-refractivity contribution in [3.63, 3.8) is 0 Å². The van der Waals surface area contributed by atoms with Crippen LogP contribution in [0.2, 0.25) is 0 Å². The first-order valence-electron chi connectivity index (χ1n) is 19.2. The quantitative estimate of drug-likeness (QED) is 0.284. The van der Waals surface area contributed by atoms with E-state index < -0.39 is 91.0 Å². The topological polar surface area (TPSA) is 174 Å². The van der Waals surface area contributed by atoms with E-state index in [0.717, 1.165) is 23.6 Å². The molecule has 16 heteroatoms. The predicted octanol–water partition coefficient (Wildman–Crippen LogP) is 1.76. The van der Waals surface area contributed by atoms with Crippen molar-refractivity contribution in [2.24, 2.45) is 0 Å². The Labute approximate surface area is 335 Å². The number of anilines is 2. The first kappa shape index (κ1) is 36.6. The van der Waals surface area contributed by atoms with E-state index in [1.165, 1.54) is 18.4 Å². The number of fused-ring (bicyclic) bond motifs is 11. The standard InChI is InChI=1S/C42H40N6O8S2/c1-57(53,54)47-31-19-11-9-17-27(31)41(23-33-35(49)43-29(37(51)45(33)39(41)47)21-25-13-5-3-6-14-25)42-24-34-36(50)44-30(22-26-15-7-4-8-16-26)38(52)46(34)40(42)48(58(2,55)56)32-20-12-10-18-28(32)42/h3-20,29-30,33-34,39-40H,21-24H2,1-2H3,(H,43,49)(H,44,50)/t29-,30-,33-,34-,39+,40+,41+,42?/m0/s1. The van der Waals surface area contributed by atoms with Gasteiger partial charge in [0.05, 0.1) is 34.7 Å². The molecular formula is C42H40N6O8S2. The summed E-state index contributed by atoms with van der Waals surface area (Å²) in [7, 11) is -8.46. The summed E-state index contributed by atoms with van der Waals surface area (Å²) in [6.45, 7) is 0. The van der Waals surface area contributed by atoms with E-state index >= 15 is 9.59 Å². The molecular weight excluding hydrogens is 781 g/mol. The molecule has 4 amide bonds. The van der Waals surface area contributed by atoms with Crippen LogP contribution in [0.5, 0.6) is 0 Å². The number of nitrogens with zero attached hydrogens (tertiary/aromatic N) is 4. The third kappa shape index (κ3) is 4.81. The summed E-state index contributed by atoms with van der Waals surface area (Å²) >= 11 is 0. The molecule has 10 rings (SSSR count). The fourth-order valence-corrected chi connectivity index (χ4v) is 13.6. The normalized spacial score (nSPS) is 30.9. The molecule has 298 valence electrons. The molecule has 14 nitrogen and oxygen atoms in total. The second-order valence-corrected chi connectivity index (χ2v) is 20.0. The molecule has 0 spiro atoms. The average Bonchev–Trinajstić information content (AvgIpc) is 3.89. The van der Waals surface area contributed by atoms with Crippen molar-refractivity contribution < 1.29 is 36.0 Å². The maximum absolute atomic E-state index is 15.1. The van der Waals surface area contributed by atoms with Gasteiger partial charge in [0, 0.05) is 12.8 Å². The van der Waals surface area contributed by atoms with E-state index in [1.54, 1.807) is 48.5 Å². The second-order valence-electron chi connectivity index (χ2n) is 16.3. The molecule has 58 heavy (non-hydrogen) atoms. The minimum Gasteiger partial charge on any atom is -0.342 e. The van der Waals surface area contributed by atoms with Gasteiger partial charge in [0.25, 0.3) is 0 Å². The van der Waals surface area contributed by atoms with Gasteiger partial charge in [-0.05, 0) is 47.2 Å². The van der Waals surface area contributed by atoms with E-state index in [-0.39, 0.29) is 37.1 Å². The number of rotatable bonds is 7. The summed E-state index contributed by atoms with van der Waals surface area (Å²) in [6, 6.07) is 27.6. The Morgan fingerprint density at radius 3 is 1.24 bits per heavy atom. The first-order valence-corrected chi connectivity index (χ1v) is 22.9. The minimum atomic E-state index is -4.23. The molecule has 4 saturated heterocycles. The van der Waals surface area contributed by atoms with Crippen LogP contribution in [0.4, 0.5) is 11.4 Å². The van der Waals surface area contributed by atoms with Crippen LogP contribution in [0, 0.1) is 0 Å². The number of hydrogen-bond acceptors (Lipinski definition) is 8. The van der Waals surface area contributed by atoms with Gasteiger partial charge < -0.3 is 20.4 Å². The zero-order valence-corrected chi connectivity index (χ0v) is 33.2. The highest BCUT2D eigenvalue weighted by Crippen LogP contribution is 2.71. The lowest BCUT2D eigenvalue weighted by molar-refractivity contribution is -0.149. The number of carbonyl (C=O) groups excluding carboxylic acids is 4. The molecule has 4 aromatic rings. The van der Waals surface area contributed by atoms with Gasteiger partial charge in [-0.3, -0.25) is 19.2 Å². The second kappa shape index (κ2) is 12.4. The van der Waals surface area contributed by atoms with Crippen LogP contribution in [0.3, 0.4) is 0 Å². The zero-order chi connectivity index (χ0) is 40.5. The summed E-state index contributed by atoms with van der Waals surface area (Å²) in [5.74, 6) is -1.94. The fraction of sp³-hybridized carbons (Fsp3) is 0.333. The van der Waals surface area contributed by atoms with Crippen LogP contribution >= 0.6 is 0 Å². The van der Waals surface area contributed by atoms with Crippen molar-refractivity contribution in [2.75, 3.05) is 21.1 Å². The smallest absolute Gasteiger partial charge is 0.247 e. The minimum absolute atomic E-state index is 0.122. The van der Waals surface area contributed by atoms with Gasteiger partial charge in [-0.2, -0.15) is 0 Å². The molecule has 6 heterocycles. The number of amides is 4. The largest absolute Gasteiger partial charge is 0.342 e. The Hall–Kier alpha value is -5.74. The molecule has 0 aliphatic carbocycles. The van der Waals surface area contributed by atoms with Crippen LogP contribution in [0.25, 0.3) is 0 Å². The third-order valence-electron chi connectivity index (χ3n) is 13.2. The van der Waals surface area contributed by atoms with Gasteiger partial charge in [0.15, 0.2) is 0 Å². The highest BCUT2D eigenvalue weighted by Gasteiger charge is 2.81. The van der Waals surface area contributed by atoms with Crippen LogP contribution < -0.4 is 19.2 Å². The van der Waals surface area contributed by atoms with Crippen molar-refractivity contribution in [3.8, 4) is 0 Å². The summed E-state index contributed by atoms with van der Waals surface area (Å²) in [6.07, 6.45) is -0.615. The average molecular weight is 821 g/mol. The molecule has 1 unspecified atom stereocenters. The Morgan fingerprint density at radius 1 is 0.534 bits per heavy atom. The lowest BCUT2D eigenvalue weighted by atomic mass is 9.54. The molecule has 8 atom stereocenters. The Balaban J connectivity index is 1.24. The SMILES string of the molecule is CS(=O)(=O)N1c2ccccc2C2([C@@]34C[C@H]5C(=O)N[C@@H](Cc6ccccc6)C(=O)N5[C@@H]3N(S(C)(=O)=O)c3ccccc34)C[C@H]3C(=O)N[C@@H](Cc4ccccc4)C(=O)N3[C@H]12. The molecule has 0 bridgehead atoms. The molecule has 2 N–H and O–H groups in total. The Morgan fingerprint density at radius 2 is 0.879 bits per heavy atom. The van der Waals surface area contributed by atoms with Crippen molar-refractivity contribution in [1.82, 2.24) is 20.4 Å². The monoisotopic (exact) mass is 820 g/mol. The van der Waals surface area contributed by atoms with Gasteiger partial charge >= 0.3 is 0 Å². The molecule has 6 aliphatic rings. The summed E-state index contributed by atoms with van der Waals surface area (Å²) < 4.78 is 59.7. The molecule has 0 saturated carbocycles.